The topological polar surface area (TPSA) is 156 Å². The molecule has 178 valence electrons. The van der Waals surface area contributed by atoms with E-state index in [4.69, 9.17) is 26.7 Å². The second-order valence-electron chi connectivity index (χ2n) is 8.17. The second-order valence-corrected chi connectivity index (χ2v) is 10.2. The van der Waals surface area contributed by atoms with Crippen molar-refractivity contribution < 1.29 is 17.9 Å². The molecule has 6 rings (SSSR count). The van der Waals surface area contributed by atoms with Crippen LogP contribution in [0.4, 0.5) is 17.5 Å². The fourth-order valence-electron chi connectivity index (χ4n) is 4.08. The summed E-state index contributed by atoms with van der Waals surface area (Å²) < 4.78 is 38.2. The first-order valence-electron chi connectivity index (χ1n) is 10.7. The van der Waals surface area contributed by atoms with Crippen LogP contribution in [0.1, 0.15) is 22.1 Å². The zero-order valence-electron chi connectivity index (χ0n) is 18.8. The van der Waals surface area contributed by atoms with Gasteiger partial charge in [-0.05, 0) is 53.1 Å². The highest BCUT2D eigenvalue weighted by Crippen LogP contribution is 2.45. The van der Waals surface area contributed by atoms with Crippen LogP contribution < -0.4 is 26.7 Å². The first-order chi connectivity index (χ1) is 16.8. The molecule has 1 aromatic heterocycles. The Kier molecular flexibility index (Phi) is 5.45. The number of methoxy groups -OCH3 is 1. The van der Waals surface area contributed by atoms with Crippen molar-refractivity contribution in [2.45, 2.75) is 16.8 Å². The molecule has 3 aromatic carbocycles. The van der Waals surface area contributed by atoms with E-state index in [1.54, 1.807) is 48.7 Å². The van der Waals surface area contributed by atoms with E-state index in [0.29, 0.717) is 34.7 Å². The van der Waals surface area contributed by atoms with Gasteiger partial charge in [0, 0.05) is 29.4 Å². The van der Waals surface area contributed by atoms with E-state index < -0.39 is 15.3 Å². The monoisotopic (exact) mass is 489 g/mol. The fourth-order valence-corrected chi connectivity index (χ4v) is 5.63. The number of rotatable bonds is 6. The molecule has 1 atom stereocenters. The standard InChI is InChI=1S/C25H23N5O4S/c1-33-21-9-2-14(10-16-13-29-25(28)30-23(16)27)11-22(21)34-24-19-8-7-18(35(24,31)32)12-20(19)15-3-5-17(26)6-4-15/h2-9,11-13,24H,10,26H2,1H3,(H4,27,28,29,30). The van der Waals surface area contributed by atoms with Crippen molar-refractivity contribution >= 4 is 27.3 Å². The van der Waals surface area contributed by atoms with Gasteiger partial charge in [-0.3, -0.25) is 0 Å². The summed E-state index contributed by atoms with van der Waals surface area (Å²) >= 11 is 0. The van der Waals surface area contributed by atoms with Crippen LogP contribution in [0.25, 0.3) is 11.1 Å². The summed E-state index contributed by atoms with van der Waals surface area (Å²) in [5.74, 6) is 1.06. The second kappa shape index (κ2) is 8.48. The molecule has 0 aliphatic carbocycles. The smallest absolute Gasteiger partial charge is 0.229 e. The SMILES string of the molecule is COc1ccc(Cc2cnc(N)nc2N)cc1OC1c2ccc(cc2-c2ccc(N)cc2)S1(=O)=O. The first kappa shape index (κ1) is 22.5. The Labute approximate surface area is 202 Å². The Morgan fingerprint density at radius 1 is 0.943 bits per heavy atom. The van der Waals surface area contributed by atoms with E-state index in [9.17, 15) is 8.42 Å². The van der Waals surface area contributed by atoms with E-state index in [2.05, 4.69) is 9.97 Å². The first-order valence-corrected chi connectivity index (χ1v) is 12.2. The molecule has 0 amide bonds. The Morgan fingerprint density at radius 3 is 2.43 bits per heavy atom. The molecule has 0 saturated heterocycles. The van der Waals surface area contributed by atoms with Gasteiger partial charge >= 0.3 is 0 Å². The lowest BCUT2D eigenvalue weighted by Gasteiger charge is -2.28. The molecule has 4 aromatic rings. The molecule has 35 heavy (non-hydrogen) atoms. The molecule has 0 fully saturated rings. The van der Waals surface area contributed by atoms with Gasteiger partial charge in [-0.25, -0.2) is 13.4 Å². The molecule has 6 N–H and O–H groups in total. The summed E-state index contributed by atoms with van der Waals surface area (Å²) in [6, 6.07) is 17.6. The van der Waals surface area contributed by atoms with Crippen molar-refractivity contribution in [2.24, 2.45) is 0 Å². The van der Waals surface area contributed by atoms with E-state index in [1.807, 2.05) is 18.2 Å². The van der Waals surface area contributed by atoms with Crippen molar-refractivity contribution in [2.75, 3.05) is 24.3 Å². The number of hydrogen-bond donors (Lipinski definition) is 3. The third-order valence-electron chi connectivity index (χ3n) is 5.88. The van der Waals surface area contributed by atoms with Gasteiger partial charge in [-0.15, -0.1) is 0 Å². The minimum absolute atomic E-state index is 0.0927. The van der Waals surface area contributed by atoms with Crippen LogP contribution in [-0.4, -0.2) is 25.5 Å². The number of hydrogen-bond acceptors (Lipinski definition) is 9. The van der Waals surface area contributed by atoms with Crippen LogP contribution in [0.3, 0.4) is 0 Å². The van der Waals surface area contributed by atoms with Crippen LogP contribution in [0.2, 0.25) is 0 Å². The van der Waals surface area contributed by atoms with Crippen LogP contribution in [0, 0.1) is 0 Å². The van der Waals surface area contributed by atoms with Gasteiger partial charge in [0.25, 0.3) is 0 Å². The molecule has 2 bridgehead atoms. The maximum atomic E-state index is 13.3. The van der Waals surface area contributed by atoms with E-state index in [-0.39, 0.29) is 16.7 Å². The lowest BCUT2D eigenvalue weighted by Crippen LogP contribution is -2.25. The summed E-state index contributed by atoms with van der Waals surface area (Å²) in [7, 11) is -2.26. The van der Waals surface area contributed by atoms with Crippen LogP contribution in [-0.2, 0) is 16.3 Å². The van der Waals surface area contributed by atoms with E-state index >= 15 is 0 Å². The average Bonchev–Trinajstić information content (AvgIpc) is 2.84. The lowest BCUT2D eigenvalue weighted by atomic mass is 9.99. The van der Waals surface area contributed by atoms with E-state index in [1.165, 1.54) is 7.11 Å². The van der Waals surface area contributed by atoms with Crippen molar-refractivity contribution in [3.63, 3.8) is 0 Å². The maximum absolute atomic E-state index is 13.3. The summed E-state index contributed by atoms with van der Waals surface area (Å²) in [6.07, 6.45) is 1.96. The molecule has 10 heteroatoms. The Balaban J connectivity index is 1.53. The number of aromatic nitrogens is 2. The minimum Gasteiger partial charge on any atom is -0.493 e. The molecule has 3 heterocycles. The average molecular weight is 490 g/mol. The molecule has 1 unspecified atom stereocenters. The third kappa shape index (κ3) is 4.08. The van der Waals surface area contributed by atoms with Crippen molar-refractivity contribution in [1.82, 2.24) is 9.97 Å². The molecule has 2 aliphatic rings. The van der Waals surface area contributed by atoms with Gasteiger partial charge in [0.1, 0.15) is 5.82 Å². The zero-order chi connectivity index (χ0) is 24.7. The molecule has 2 aliphatic heterocycles. The van der Waals surface area contributed by atoms with Crippen molar-refractivity contribution in [3.05, 3.63) is 83.6 Å². The van der Waals surface area contributed by atoms with Crippen LogP contribution in [0.15, 0.2) is 71.8 Å². The quantitative estimate of drug-likeness (QED) is 0.345. The number of sulfone groups is 1. The fraction of sp³-hybridized carbons (Fsp3) is 0.120. The summed E-state index contributed by atoms with van der Waals surface area (Å²) in [4.78, 5) is 8.17. The summed E-state index contributed by atoms with van der Waals surface area (Å²) in [6.45, 7) is 0. The Bertz CT molecular complexity index is 1540. The van der Waals surface area contributed by atoms with E-state index in [0.717, 1.165) is 16.7 Å². The zero-order valence-corrected chi connectivity index (χ0v) is 19.6. The largest absolute Gasteiger partial charge is 0.493 e. The number of nitrogens with two attached hydrogens (primary N) is 3. The molecule has 0 spiro atoms. The summed E-state index contributed by atoms with van der Waals surface area (Å²) in [5, 5.41) is 0. The van der Waals surface area contributed by atoms with Crippen molar-refractivity contribution in [1.29, 1.82) is 0 Å². The van der Waals surface area contributed by atoms with Gasteiger partial charge in [-0.2, -0.15) is 4.98 Å². The number of fused-ring (bicyclic) bond motifs is 3. The third-order valence-corrected chi connectivity index (χ3v) is 7.71. The number of anilines is 3. The normalized spacial score (nSPS) is 15.6. The molecule has 0 radical (unpaired) electrons. The molecular formula is C25H23N5O4S. The van der Waals surface area contributed by atoms with Gasteiger partial charge in [0.05, 0.1) is 12.0 Å². The van der Waals surface area contributed by atoms with Gasteiger partial charge in [0.15, 0.2) is 11.5 Å². The predicted octanol–water partition coefficient (Wildman–Crippen LogP) is 3.35. The van der Waals surface area contributed by atoms with Gasteiger partial charge in [-0.1, -0.05) is 24.3 Å². The highest BCUT2D eigenvalue weighted by molar-refractivity contribution is 7.91. The number of nitrogen functional groups attached to an aromatic ring is 3. The maximum Gasteiger partial charge on any atom is 0.229 e. The highest BCUT2D eigenvalue weighted by Gasteiger charge is 2.39. The van der Waals surface area contributed by atoms with Gasteiger partial charge < -0.3 is 26.7 Å². The van der Waals surface area contributed by atoms with Crippen LogP contribution >= 0.6 is 0 Å². The predicted molar refractivity (Wildman–Crippen MR) is 134 cm³/mol. The molecule has 0 saturated carbocycles. The Hall–Kier alpha value is -4.31. The highest BCUT2D eigenvalue weighted by atomic mass is 32.2. The van der Waals surface area contributed by atoms with Crippen LogP contribution in [0.5, 0.6) is 11.5 Å². The van der Waals surface area contributed by atoms with Crippen molar-refractivity contribution in [3.8, 4) is 22.6 Å². The molecular weight excluding hydrogens is 466 g/mol. The lowest BCUT2D eigenvalue weighted by molar-refractivity contribution is 0.261. The number of nitrogens with zero attached hydrogens (tertiary/aromatic N) is 2. The van der Waals surface area contributed by atoms with Gasteiger partial charge in [0.2, 0.25) is 21.2 Å². The Morgan fingerprint density at radius 2 is 1.71 bits per heavy atom. The minimum atomic E-state index is -3.76. The number of benzene rings is 3. The number of ether oxygens (including phenoxy) is 2. The summed E-state index contributed by atoms with van der Waals surface area (Å²) in [5.41, 5.74) is 20.4. The molecule has 9 nitrogen and oxygen atoms in total.